The molecule has 0 bridgehead atoms. The fourth-order valence-electron chi connectivity index (χ4n) is 4.39. The molecule has 1 aliphatic carbocycles. The van der Waals surface area contributed by atoms with Crippen molar-refractivity contribution < 1.29 is 23.1 Å². The van der Waals surface area contributed by atoms with Crippen LogP contribution in [0, 0.1) is 17.2 Å². The number of anilines is 2. The van der Waals surface area contributed by atoms with Gasteiger partial charge < -0.3 is 15.4 Å². The molecule has 0 aliphatic heterocycles. The van der Waals surface area contributed by atoms with Gasteiger partial charge in [0.05, 0.1) is 5.52 Å². The number of hydrogen-bond donors (Lipinski definition) is 2. The monoisotopic (exact) mass is 536 g/mol. The minimum Gasteiger partial charge on any atom is -0.457 e. The molecule has 2 heterocycles. The summed E-state index contributed by atoms with van der Waals surface area (Å²) in [5.74, 6) is -0.612. The number of benzene rings is 3. The lowest BCUT2D eigenvalue weighted by atomic mass is 10.0. The van der Waals surface area contributed by atoms with Gasteiger partial charge >= 0.3 is 0 Å². The van der Waals surface area contributed by atoms with E-state index >= 15 is 0 Å². The molecule has 1 aliphatic rings. The second-order valence-electron chi connectivity index (χ2n) is 9.53. The van der Waals surface area contributed by atoms with Crippen molar-refractivity contribution in [1.82, 2.24) is 9.97 Å². The highest BCUT2D eigenvalue weighted by molar-refractivity contribution is 6.16. The molecule has 198 valence electrons. The zero-order chi connectivity index (χ0) is 27.7. The van der Waals surface area contributed by atoms with Gasteiger partial charge in [0.1, 0.15) is 22.7 Å². The molecule has 1 fully saturated rings. The van der Waals surface area contributed by atoms with Crippen LogP contribution in [0.2, 0.25) is 0 Å². The summed E-state index contributed by atoms with van der Waals surface area (Å²) in [6.45, 7) is 0. The molecular weight excluding hydrogens is 514 g/mol. The molecule has 0 saturated heterocycles. The predicted octanol–water partition coefficient (Wildman–Crippen LogP) is 6.72. The highest BCUT2D eigenvalue weighted by Gasteiger charge is 2.56. The topological polar surface area (TPSA) is 93.2 Å². The van der Waals surface area contributed by atoms with Gasteiger partial charge in [-0.2, -0.15) is 4.39 Å². The van der Waals surface area contributed by atoms with Crippen LogP contribution in [0.5, 0.6) is 11.5 Å². The molecule has 9 heteroatoms. The third kappa shape index (κ3) is 5.09. The molecular formula is C31H22F2N4O3. The molecule has 0 radical (unpaired) electrons. The Labute approximate surface area is 227 Å². The molecule has 7 nitrogen and oxygen atoms in total. The highest BCUT2D eigenvalue weighted by atomic mass is 19.1. The van der Waals surface area contributed by atoms with Crippen LogP contribution in [0.25, 0.3) is 22.0 Å². The number of aromatic nitrogens is 2. The smallest absolute Gasteiger partial charge is 0.240 e. The van der Waals surface area contributed by atoms with E-state index in [-0.39, 0.29) is 0 Å². The molecule has 0 spiro atoms. The Bertz CT molecular complexity index is 1720. The summed E-state index contributed by atoms with van der Waals surface area (Å²) < 4.78 is 32.4. The number of nitrogens with zero attached hydrogens (tertiary/aromatic N) is 2. The van der Waals surface area contributed by atoms with E-state index in [2.05, 4.69) is 20.6 Å². The Hall–Kier alpha value is -5.18. The first-order valence-electron chi connectivity index (χ1n) is 12.6. The molecule has 2 N–H and O–H groups in total. The van der Waals surface area contributed by atoms with E-state index < -0.39 is 29.0 Å². The second kappa shape index (κ2) is 10.2. The van der Waals surface area contributed by atoms with Gasteiger partial charge in [-0.05, 0) is 97.3 Å². The van der Waals surface area contributed by atoms with E-state index in [1.807, 2.05) is 18.2 Å². The standard InChI is InChI=1S/C31H22F2N4O3/c32-21-3-5-22(6-4-21)36-29(38)31(14-15-31)30(39)37-23-7-9-24(10-8-23)40-27-13-16-34-26-17-19(1-11-25(26)27)20-2-12-28(33)35-18-20/h1-13,16-18H,14-15H2,(H,36,38)(H,37,39). The molecule has 40 heavy (non-hydrogen) atoms. The van der Waals surface area contributed by atoms with E-state index in [0.717, 1.165) is 16.5 Å². The van der Waals surface area contributed by atoms with Crippen LogP contribution < -0.4 is 15.4 Å². The Morgan fingerprint density at radius 3 is 2.02 bits per heavy atom. The third-order valence-electron chi connectivity index (χ3n) is 6.82. The number of pyridine rings is 2. The SMILES string of the molecule is O=C(Nc1ccc(F)cc1)C1(C(=O)Nc2ccc(Oc3ccnc4cc(-c5ccc(F)nc5)ccc34)cc2)CC1. The highest BCUT2D eigenvalue weighted by Crippen LogP contribution is 2.47. The van der Waals surface area contributed by atoms with Crippen LogP contribution in [0.4, 0.5) is 20.2 Å². The molecule has 2 amide bonds. The van der Waals surface area contributed by atoms with Crippen LogP contribution in [0.1, 0.15) is 12.8 Å². The summed E-state index contributed by atoms with van der Waals surface area (Å²) in [5, 5.41) is 6.30. The van der Waals surface area contributed by atoms with Gasteiger partial charge in [0, 0.05) is 34.7 Å². The molecule has 3 aromatic carbocycles. The number of carbonyl (C=O) groups is 2. The third-order valence-corrected chi connectivity index (χ3v) is 6.82. The first-order chi connectivity index (χ1) is 19.4. The van der Waals surface area contributed by atoms with E-state index in [1.165, 1.54) is 36.5 Å². The van der Waals surface area contributed by atoms with E-state index in [1.54, 1.807) is 42.6 Å². The first kappa shape index (κ1) is 25.1. The summed E-state index contributed by atoms with van der Waals surface area (Å²) in [7, 11) is 0. The maximum atomic E-state index is 13.2. The minimum atomic E-state index is -1.15. The fraction of sp³-hybridized carbons (Fsp3) is 0.0968. The number of ether oxygens (including phenoxy) is 1. The van der Waals surface area contributed by atoms with Crippen molar-refractivity contribution in [1.29, 1.82) is 0 Å². The van der Waals surface area contributed by atoms with Gasteiger partial charge in [0.25, 0.3) is 0 Å². The first-order valence-corrected chi connectivity index (χ1v) is 12.6. The van der Waals surface area contributed by atoms with Gasteiger partial charge in [-0.3, -0.25) is 14.6 Å². The number of halogens is 2. The van der Waals surface area contributed by atoms with Crippen LogP contribution >= 0.6 is 0 Å². The van der Waals surface area contributed by atoms with Crippen LogP contribution in [-0.4, -0.2) is 21.8 Å². The quantitative estimate of drug-likeness (QED) is 0.178. The van der Waals surface area contributed by atoms with E-state index in [0.29, 0.717) is 41.2 Å². The maximum absolute atomic E-state index is 13.2. The molecule has 2 aromatic heterocycles. The average molecular weight is 537 g/mol. The summed E-state index contributed by atoms with van der Waals surface area (Å²) in [6.07, 6.45) is 3.98. The number of rotatable bonds is 7. The van der Waals surface area contributed by atoms with Gasteiger partial charge in [-0.15, -0.1) is 0 Å². The minimum absolute atomic E-state index is 0.395. The Kier molecular flexibility index (Phi) is 6.39. The summed E-state index contributed by atoms with van der Waals surface area (Å²) in [5.41, 5.74) is 2.13. The number of nitrogens with one attached hydrogen (secondary N) is 2. The lowest BCUT2D eigenvalue weighted by Gasteiger charge is -2.16. The fourth-order valence-corrected chi connectivity index (χ4v) is 4.39. The second-order valence-corrected chi connectivity index (χ2v) is 9.53. The van der Waals surface area contributed by atoms with Crippen LogP contribution in [0.3, 0.4) is 0 Å². The van der Waals surface area contributed by atoms with Crippen molar-refractivity contribution in [2.75, 3.05) is 10.6 Å². The largest absolute Gasteiger partial charge is 0.457 e. The molecule has 6 rings (SSSR count). The number of carbonyl (C=O) groups excluding carboxylic acids is 2. The van der Waals surface area contributed by atoms with Gasteiger partial charge in [-0.25, -0.2) is 9.37 Å². The Morgan fingerprint density at radius 2 is 1.40 bits per heavy atom. The van der Waals surface area contributed by atoms with Gasteiger partial charge in [0.2, 0.25) is 17.8 Å². The van der Waals surface area contributed by atoms with Crippen molar-refractivity contribution in [2.24, 2.45) is 5.41 Å². The van der Waals surface area contributed by atoms with Gasteiger partial charge in [0.15, 0.2) is 0 Å². The number of amides is 2. The van der Waals surface area contributed by atoms with Gasteiger partial charge in [-0.1, -0.05) is 6.07 Å². The van der Waals surface area contributed by atoms with E-state index in [9.17, 15) is 18.4 Å². The lowest BCUT2D eigenvalue weighted by molar-refractivity contribution is -0.131. The maximum Gasteiger partial charge on any atom is 0.240 e. The Balaban J connectivity index is 1.13. The molecule has 0 atom stereocenters. The molecule has 1 saturated carbocycles. The zero-order valence-corrected chi connectivity index (χ0v) is 21.0. The van der Waals surface area contributed by atoms with E-state index in [4.69, 9.17) is 4.74 Å². The van der Waals surface area contributed by atoms with Crippen molar-refractivity contribution in [3.05, 3.63) is 109 Å². The molecule has 5 aromatic rings. The number of fused-ring (bicyclic) bond motifs is 1. The normalized spacial score (nSPS) is 13.4. The predicted molar refractivity (Wildman–Crippen MR) is 147 cm³/mol. The van der Waals surface area contributed by atoms with Crippen molar-refractivity contribution >= 4 is 34.1 Å². The molecule has 0 unspecified atom stereocenters. The van der Waals surface area contributed by atoms with Crippen LogP contribution in [0.15, 0.2) is 97.3 Å². The lowest BCUT2D eigenvalue weighted by Crippen LogP contribution is -2.35. The van der Waals surface area contributed by atoms with Crippen molar-refractivity contribution in [3.63, 3.8) is 0 Å². The average Bonchev–Trinajstić information content (AvgIpc) is 3.78. The van der Waals surface area contributed by atoms with Crippen LogP contribution in [-0.2, 0) is 9.59 Å². The summed E-state index contributed by atoms with van der Waals surface area (Å²) >= 11 is 0. The van der Waals surface area contributed by atoms with Crippen molar-refractivity contribution in [2.45, 2.75) is 12.8 Å². The number of hydrogen-bond acceptors (Lipinski definition) is 5. The van der Waals surface area contributed by atoms with Crippen molar-refractivity contribution in [3.8, 4) is 22.6 Å². The Morgan fingerprint density at radius 1 is 0.750 bits per heavy atom. The summed E-state index contributed by atoms with van der Waals surface area (Å²) in [6, 6.07) is 22.6. The summed E-state index contributed by atoms with van der Waals surface area (Å²) in [4.78, 5) is 33.9. The zero-order valence-electron chi connectivity index (χ0n) is 21.0.